The lowest BCUT2D eigenvalue weighted by atomic mass is 9.82. The summed E-state index contributed by atoms with van der Waals surface area (Å²) in [7, 11) is 1.76. The lowest BCUT2D eigenvalue weighted by Crippen LogP contribution is -2.42. The van der Waals surface area contributed by atoms with Crippen LogP contribution in [0.4, 0.5) is 0 Å². The molecule has 0 amide bonds. The highest BCUT2D eigenvalue weighted by molar-refractivity contribution is 5.34. The van der Waals surface area contributed by atoms with Crippen LogP contribution in [0.15, 0.2) is 18.2 Å². The molecule has 0 aliphatic heterocycles. The molecule has 0 bridgehead atoms. The van der Waals surface area contributed by atoms with Gasteiger partial charge in [0.25, 0.3) is 0 Å². The van der Waals surface area contributed by atoms with Crippen LogP contribution in [-0.4, -0.2) is 12.7 Å². The molecule has 0 aromatic heterocycles. The first-order valence-corrected chi connectivity index (χ1v) is 6.38. The van der Waals surface area contributed by atoms with Gasteiger partial charge in [-0.05, 0) is 37.8 Å². The summed E-state index contributed by atoms with van der Waals surface area (Å²) in [6.45, 7) is 8.48. The van der Waals surface area contributed by atoms with Crippen LogP contribution in [0.3, 0.4) is 0 Å². The van der Waals surface area contributed by atoms with Crippen LogP contribution < -0.4 is 5.73 Å². The third-order valence-electron chi connectivity index (χ3n) is 3.94. The Kier molecular flexibility index (Phi) is 4.72. The molecule has 1 atom stereocenters. The van der Waals surface area contributed by atoms with E-state index in [1.165, 1.54) is 16.7 Å². The first kappa shape index (κ1) is 14.2. The Labute approximate surface area is 105 Å². The maximum atomic E-state index is 6.45. The average molecular weight is 235 g/mol. The molecular weight excluding hydrogens is 210 g/mol. The highest BCUT2D eigenvalue weighted by atomic mass is 16.5. The van der Waals surface area contributed by atoms with Crippen molar-refractivity contribution in [1.29, 1.82) is 0 Å². The van der Waals surface area contributed by atoms with E-state index in [-0.39, 0.29) is 11.6 Å². The Bertz CT molecular complexity index is 361. The van der Waals surface area contributed by atoms with Gasteiger partial charge < -0.3 is 10.5 Å². The normalized spacial score (nSPS) is 13.8. The summed E-state index contributed by atoms with van der Waals surface area (Å²) >= 11 is 0. The minimum Gasteiger partial charge on any atom is -0.376 e. The van der Waals surface area contributed by atoms with Gasteiger partial charge in [-0.2, -0.15) is 0 Å². The van der Waals surface area contributed by atoms with Gasteiger partial charge >= 0.3 is 0 Å². The number of rotatable bonds is 5. The second-order valence-corrected chi connectivity index (χ2v) is 4.81. The molecule has 2 nitrogen and oxygen atoms in total. The molecule has 0 saturated carbocycles. The van der Waals surface area contributed by atoms with Gasteiger partial charge in [0, 0.05) is 7.11 Å². The molecule has 1 aromatic rings. The van der Waals surface area contributed by atoms with Gasteiger partial charge in [0.1, 0.15) is 0 Å². The highest BCUT2D eigenvalue weighted by Crippen LogP contribution is 2.34. The second kappa shape index (κ2) is 5.65. The van der Waals surface area contributed by atoms with Crippen LogP contribution in [0.25, 0.3) is 0 Å². The first-order valence-electron chi connectivity index (χ1n) is 6.38. The van der Waals surface area contributed by atoms with Gasteiger partial charge in [0.15, 0.2) is 0 Å². The van der Waals surface area contributed by atoms with Crippen molar-refractivity contribution in [2.75, 3.05) is 7.11 Å². The van der Waals surface area contributed by atoms with Crippen molar-refractivity contribution in [2.45, 2.75) is 52.2 Å². The minimum atomic E-state index is -0.251. The fourth-order valence-electron chi connectivity index (χ4n) is 2.48. The number of ether oxygens (including phenoxy) is 1. The van der Waals surface area contributed by atoms with E-state index in [0.29, 0.717) is 0 Å². The second-order valence-electron chi connectivity index (χ2n) is 4.81. The van der Waals surface area contributed by atoms with Crippen molar-refractivity contribution >= 4 is 0 Å². The van der Waals surface area contributed by atoms with Crippen LogP contribution in [0.5, 0.6) is 0 Å². The molecule has 0 aliphatic rings. The molecule has 0 saturated heterocycles. The van der Waals surface area contributed by atoms with Gasteiger partial charge in [-0.15, -0.1) is 0 Å². The molecule has 1 aromatic carbocycles. The standard InChI is InChI=1S/C15H25NO/c1-6-15(7-2,17-5)14(16)13-10-11(3)8-9-12(13)4/h8-10,14H,6-7,16H2,1-5H3. The van der Waals surface area contributed by atoms with E-state index in [9.17, 15) is 0 Å². The van der Waals surface area contributed by atoms with Crippen LogP contribution in [0, 0.1) is 13.8 Å². The van der Waals surface area contributed by atoms with Gasteiger partial charge in [-0.3, -0.25) is 0 Å². The van der Waals surface area contributed by atoms with E-state index in [0.717, 1.165) is 12.8 Å². The predicted octanol–water partition coefficient (Wildman–Crippen LogP) is 3.51. The zero-order valence-electron chi connectivity index (χ0n) is 11.7. The molecule has 0 aliphatic carbocycles. The highest BCUT2D eigenvalue weighted by Gasteiger charge is 2.34. The molecule has 0 fully saturated rings. The molecule has 2 heteroatoms. The third kappa shape index (κ3) is 2.70. The Hall–Kier alpha value is -0.860. The Morgan fingerprint density at radius 3 is 2.29 bits per heavy atom. The van der Waals surface area contributed by atoms with Crippen LogP contribution in [0.1, 0.15) is 49.4 Å². The Morgan fingerprint density at radius 1 is 1.24 bits per heavy atom. The summed E-state index contributed by atoms with van der Waals surface area (Å²) in [5, 5.41) is 0. The van der Waals surface area contributed by atoms with Crippen molar-refractivity contribution in [3.8, 4) is 0 Å². The quantitative estimate of drug-likeness (QED) is 0.847. The summed E-state index contributed by atoms with van der Waals surface area (Å²) in [4.78, 5) is 0. The number of aryl methyl sites for hydroxylation is 2. The summed E-state index contributed by atoms with van der Waals surface area (Å²) in [5.41, 5.74) is 9.89. The monoisotopic (exact) mass is 235 g/mol. The van der Waals surface area contributed by atoms with Crippen molar-refractivity contribution in [1.82, 2.24) is 0 Å². The lowest BCUT2D eigenvalue weighted by molar-refractivity contribution is -0.0387. The van der Waals surface area contributed by atoms with E-state index in [1.54, 1.807) is 7.11 Å². The van der Waals surface area contributed by atoms with E-state index in [4.69, 9.17) is 10.5 Å². The van der Waals surface area contributed by atoms with Gasteiger partial charge in [-0.1, -0.05) is 37.6 Å². The molecule has 17 heavy (non-hydrogen) atoms. The maximum Gasteiger partial charge on any atom is 0.0865 e. The summed E-state index contributed by atoms with van der Waals surface area (Å²) < 4.78 is 5.72. The zero-order chi connectivity index (χ0) is 13.1. The van der Waals surface area contributed by atoms with Gasteiger partial charge in [0.05, 0.1) is 11.6 Å². The smallest absolute Gasteiger partial charge is 0.0865 e. The number of methoxy groups -OCH3 is 1. The van der Waals surface area contributed by atoms with Crippen molar-refractivity contribution < 1.29 is 4.74 Å². The maximum absolute atomic E-state index is 6.45. The number of hydrogen-bond donors (Lipinski definition) is 1. The molecule has 0 heterocycles. The first-order chi connectivity index (χ1) is 8.00. The average Bonchev–Trinajstić information content (AvgIpc) is 2.35. The molecule has 1 rings (SSSR count). The van der Waals surface area contributed by atoms with E-state index >= 15 is 0 Å². The van der Waals surface area contributed by atoms with Crippen LogP contribution in [-0.2, 0) is 4.74 Å². The number of hydrogen-bond acceptors (Lipinski definition) is 2. The Balaban J connectivity index is 3.17. The fraction of sp³-hybridized carbons (Fsp3) is 0.600. The number of nitrogens with two attached hydrogens (primary N) is 1. The van der Waals surface area contributed by atoms with Crippen molar-refractivity contribution in [2.24, 2.45) is 5.73 Å². The van der Waals surface area contributed by atoms with Crippen molar-refractivity contribution in [3.63, 3.8) is 0 Å². The molecular formula is C15H25NO. The molecule has 0 radical (unpaired) electrons. The largest absolute Gasteiger partial charge is 0.376 e. The van der Waals surface area contributed by atoms with Crippen LogP contribution >= 0.6 is 0 Å². The van der Waals surface area contributed by atoms with Crippen molar-refractivity contribution in [3.05, 3.63) is 34.9 Å². The number of benzene rings is 1. The minimum absolute atomic E-state index is 0.0672. The van der Waals surface area contributed by atoms with Gasteiger partial charge in [-0.25, -0.2) is 0 Å². The van der Waals surface area contributed by atoms with E-state index in [1.807, 2.05) is 0 Å². The Morgan fingerprint density at radius 2 is 1.82 bits per heavy atom. The zero-order valence-corrected chi connectivity index (χ0v) is 11.7. The van der Waals surface area contributed by atoms with E-state index in [2.05, 4.69) is 45.9 Å². The summed E-state index contributed by atoms with van der Waals surface area (Å²) in [6.07, 6.45) is 1.85. The van der Waals surface area contributed by atoms with Gasteiger partial charge in [0.2, 0.25) is 0 Å². The summed E-state index contributed by atoms with van der Waals surface area (Å²) in [5.74, 6) is 0. The predicted molar refractivity (Wildman–Crippen MR) is 73.2 cm³/mol. The lowest BCUT2D eigenvalue weighted by Gasteiger charge is -2.37. The third-order valence-corrected chi connectivity index (χ3v) is 3.94. The topological polar surface area (TPSA) is 35.2 Å². The molecule has 0 spiro atoms. The molecule has 2 N–H and O–H groups in total. The SMILES string of the molecule is CCC(CC)(OC)C(N)c1cc(C)ccc1C. The fourth-order valence-corrected chi connectivity index (χ4v) is 2.48. The molecule has 96 valence electrons. The molecule has 1 unspecified atom stereocenters. The van der Waals surface area contributed by atoms with Crippen LogP contribution in [0.2, 0.25) is 0 Å². The summed E-state index contributed by atoms with van der Waals surface area (Å²) in [6, 6.07) is 6.37. The van der Waals surface area contributed by atoms with E-state index < -0.39 is 0 Å².